The molecule has 0 fully saturated rings. The lowest BCUT2D eigenvalue weighted by Gasteiger charge is -2.28. The van der Waals surface area contributed by atoms with E-state index in [2.05, 4.69) is 20.8 Å². The van der Waals surface area contributed by atoms with Crippen molar-refractivity contribution in [3.63, 3.8) is 0 Å². The van der Waals surface area contributed by atoms with Crippen molar-refractivity contribution in [2.75, 3.05) is 18.5 Å². The van der Waals surface area contributed by atoms with Crippen LogP contribution in [-0.2, 0) is 0 Å². The molecular formula is C13H18FNO. The fraction of sp³-hybridized carbons (Fsp3) is 0.462. The zero-order valence-electron chi connectivity index (χ0n) is 10.2. The average Bonchev–Trinajstić information content (AvgIpc) is 2.14. The largest absolute Gasteiger partial charge is 0.374 e. The molecule has 0 unspecified atom stereocenters. The highest BCUT2D eigenvalue weighted by molar-refractivity contribution is 5.77. The lowest BCUT2D eigenvalue weighted by atomic mass is 9.96. The van der Waals surface area contributed by atoms with Gasteiger partial charge < -0.3 is 4.90 Å². The Balaban J connectivity index is 2.95. The molecule has 1 aromatic carbocycles. The molecule has 0 N–H and O–H groups in total. The highest BCUT2D eigenvalue weighted by Gasteiger charge is 2.14. The van der Waals surface area contributed by atoms with Crippen LogP contribution in [0.15, 0.2) is 18.2 Å². The van der Waals surface area contributed by atoms with Gasteiger partial charge in [0.05, 0.1) is 0 Å². The molecule has 3 heteroatoms. The van der Waals surface area contributed by atoms with Crippen LogP contribution in [0.4, 0.5) is 10.1 Å². The first-order valence-electron chi connectivity index (χ1n) is 5.29. The van der Waals surface area contributed by atoms with Gasteiger partial charge in [0, 0.05) is 24.8 Å². The number of aldehydes is 1. The summed E-state index contributed by atoms with van der Waals surface area (Å²) in [6.07, 6.45) is 0.664. The van der Waals surface area contributed by atoms with E-state index >= 15 is 0 Å². The molecule has 0 heterocycles. The minimum absolute atomic E-state index is 0.127. The number of rotatable bonds is 3. The second-order valence-electron chi connectivity index (χ2n) is 5.28. The van der Waals surface area contributed by atoms with Crippen molar-refractivity contribution < 1.29 is 9.18 Å². The van der Waals surface area contributed by atoms with Crippen LogP contribution >= 0.6 is 0 Å². The van der Waals surface area contributed by atoms with Crippen molar-refractivity contribution in [3.05, 3.63) is 29.6 Å². The van der Waals surface area contributed by atoms with Crippen LogP contribution in [0.25, 0.3) is 0 Å². The molecule has 0 aliphatic heterocycles. The Morgan fingerprint density at radius 2 is 1.94 bits per heavy atom. The number of carbonyl (C=O) groups excluding carboxylic acids is 1. The van der Waals surface area contributed by atoms with Crippen molar-refractivity contribution in [2.24, 2.45) is 5.41 Å². The van der Waals surface area contributed by atoms with Crippen LogP contribution in [0.5, 0.6) is 0 Å². The van der Waals surface area contributed by atoms with Gasteiger partial charge in [-0.2, -0.15) is 0 Å². The first-order valence-corrected chi connectivity index (χ1v) is 5.29. The van der Waals surface area contributed by atoms with Gasteiger partial charge >= 0.3 is 0 Å². The Morgan fingerprint density at radius 1 is 1.31 bits per heavy atom. The number of benzene rings is 1. The minimum atomic E-state index is -0.375. The maximum Gasteiger partial charge on any atom is 0.150 e. The first-order chi connectivity index (χ1) is 7.31. The molecule has 0 bridgehead atoms. The van der Waals surface area contributed by atoms with Gasteiger partial charge in [0.15, 0.2) is 0 Å². The van der Waals surface area contributed by atoms with Gasteiger partial charge in [0.2, 0.25) is 0 Å². The summed E-state index contributed by atoms with van der Waals surface area (Å²) in [6.45, 7) is 7.14. The van der Waals surface area contributed by atoms with E-state index in [0.29, 0.717) is 11.8 Å². The first kappa shape index (κ1) is 12.7. The van der Waals surface area contributed by atoms with Crippen LogP contribution in [0.1, 0.15) is 31.1 Å². The van der Waals surface area contributed by atoms with Crippen molar-refractivity contribution in [3.8, 4) is 0 Å². The lowest BCUT2D eigenvalue weighted by Crippen LogP contribution is -2.29. The molecule has 0 amide bonds. The van der Waals surface area contributed by atoms with Crippen LogP contribution in [0.3, 0.4) is 0 Å². The summed E-state index contributed by atoms with van der Waals surface area (Å²) < 4.78 is 13.2. The van der Waals surface area contributed by atoms with Crippen LogP contribution < -0.4 is 4.90 Å². The summed E-state index contributed by atoms with van der Waals surface area (Å²) in [5.74, 6) is -0.375. The number of anilines is 1. The van der Waals surface area contributed by atoms with E-state index in [9.17, 15) is 9.18 Å². The number of halogens is 1. The number of nitrogens with zero attached hydrogens (tertiary/aromatic N) is 1. The Kier molecular flexibility index (Phi) is 3.68. The molecule has 0 aliphatic carbocycles. The SMILES string of the molecule is CN(CC(C)(C)C)c1cc(F)cc(C=O)c1. The predicted molar refractivity (Wildman–Crippen MR) is 64.5 cm³/mol. The van der Waals surface area contributed by atoms with E-state index in [1.165, 1.54) is 12.1 Å². The Bertz CT molecular complexity index is 382. The fourth-order valence-corrected chi connectivity index (χ4v) is 1.69. The molecule has 0 aliphatic rings. The molecule has 0 aromatic heterocycles. The van der Waals surface area contributed by atoms with Gasteiger partial charge in [-0.15, -0.1) is 0 Å². The number of hydrogen-bond acceptors (Lipinski definition) is 2. The molecule has 0 radical (unpaired) electrons. The lowest BCUT2D eigenvalue weighted by molar-refractivity contribution is 0.112. The smallest absolute Gasteiger partial charge is 0.150 e. The minimum Gasteiger partial charge on any atom is -0.374 e. The molecule has 2 nitrogen and oxygen atoms in total. The second-order valence-corrected chi connectivity index (χ2v) is 5.28. The van der Waals surface area contributed by atoms with E-state index < -0.39 is 0 Å². The molecule has 1 rings (SSSR count). The van der Waals surface area contributed by atoms with Crippen molar-refractivity contribution in [1.82, 2.24) is 0 Å². The summed E-state index contributed by atoms with van der Waals surface area (Å²) >= 11 is 0. The topological polar surface area (TPSA) is 20.3 Å². The molecule has 0 spiro atoms. The summed E-state index contributed by atoms with van der Waals surface area (Å²) in [4.78, 5) is 12.6. The molecule has 0 saturated carbocycles. The normalized spacial score (nSPS) is 11.3. The molecule has 16 heavy (non-hydrogen) atoms. The van der Waals surface area contributed by atoms with Crippen LogP contribution in [0.2, 0.25) is 0 Å². The highest BCUT2D eigenvalue weighted by Crippen LogP contribution is 2.21. The quantitative estimate of drug-likeness (QED) is 0.734. The molecule has 1 aromatic rings. The maximum absolute atomic E-state index is 13.2. The molecule has 0 saturated heterocycles. The summed E-state index contributed by atoms with van der Waals surface area (Å²) in [5, 5.41) is 0. The van der Waals surface area contributed by atoms with E-state index in [1.807, 2.05) is 11.9 Å². The number of hydrogen-bond donors (Lipinski definition) is 0. The van der Waals surface area contributed by atoms with Crippen LogP contribution in [-0.4, -0.2) is 19.9 Å². The average molecular weight is 223 g/mol. The number of carbonyl (C=O) groups is 1. The monoisotopic (exact) mass is 223 g/mol. The summed E-state index contributed by atoms with van der Waals surface area (Å²) in [5.41, 5.74) is 1.23. The van der Waals surface area contributed by atoms with Gasteiger partial charge in [-0.05, 0) is 23.6 Å². The van der Waals surface area contributed by atoms with E-state index in [-0.39, 0.29) is 11.2 Å². The van der Waals surface area contributed by atoms with Crippen molar-refractivity contribution in [2.45, 2.75) is 20.8 Å². The van der Waals surface area contributed by atoms with Gasteiger partial charge in [-0.3, -0.25) is 4.79 Å². The van der Waals surface area contributed by atoms with Crippen LogP contribution in [0, 0.1) is 11.2 Å². The fourth-order valence-electron chi connectivity index (χ4n) is 1.69. The summed E-state index contributed by atoms with van der Waals surface area (Å²) in [7, 11) is 1.90. The Morgan fingerprint density at radius 3 is 2.44 bits per heavy atom. The molecule has 0 atom stereocenters. The predicted octanol–water partition coefficient (Wildman–Crippen LogP) is 3.12. The standard InChI is InChI=1S/C13H18FNO/c1-13(2,3)9-15(4)12-6-10(8-16)5-11(14)7-12/h5-8H,9H2,1-4H3. The highest BCUT2D eigenvalue weighted by atomic mass is 19.1. The van der Waals surface area contributed by atoms with Gasteiger partial charge in [0.25, 0.3) is 0 Å². The van der Waals surface area contributed by atoms with Crippen molar-refractivity contribution in [1.29, 1.82) is 0 Å². The third kappa shape index (κ3) is 3.65. The van der Waals surface area contributed by atoms with Gasteiger partial charge in [0.1, 0.15) is 12.1 Å². The third-order valence-corrected chi connectivity index (χ3v) is 2.19. The van der Waals surface area contributed by atoms with E-state index in [0.717, 1.165) is 12.2 Å². The van der Waals surface area contributed by atoms with Gasteiger partial charge in [-0.25, -0.2) is 4.39 Å². The molecule has 88 valence electrons. The summed E-state index contributed by atoms with van der Waals surface area (Å²) in [6, 6.07) is 4.38. The third-order valence-electron chi connectivity index (χ3n) is 2.19. The zero-order chi connectivity index (χ0) is 12.3. The Hall–Kier alpha value is -1.38. The Labute approximate surface area is 96.1 Å². The van der Waals surface area contributed by atoms with E-state index in [4.69, 9.17) is 0 Å². The molecular weight excluding hydrogens is 205 g/mol. The maximum atomic E-state index is 13.2. The van der Waals surface area contributed by atoms with E-state index in [1.54, 1.807) is 6.07 Å². The second kappa shape index (κ2) is 4.64. The van der Waals surface area contributed by atoms with Gasteiger partial charge in [-0.1, -0.05) is 20.8 Å². The zero-order valence-corrected chi connectivity index (χ0v) is 10.2. The van der Waals surface area contributed by atoms with Crippen molar-refractivity contribution >= 4 is 12.0 Å².